The highest BCUT2D eigenvalue weighted by Crippen LogP contribution is 2.18. The number of nitrogens with zero attached hydrogens (tertiary/aromatic N) is 3. The third-order valence-electron chi connectivity index (χ3n) is 4.27. The van der Waals surface area contributed by atoms with E-state index in [0.717, 1.165) is 22.9 Å². The molecule has 6 nitrogen and oxygen atoms in total. The Balaban J connectivity index is 1.53. The van der Waals surface area contributed by atoms with Crippen molar-refractivity contribution < 1.29 is 9.53 Å². The summed E-state index contributed by atoms with van der Waals surface area (Å²) in [5, 5.41) is 9.96. The quantitative estimate of drug-likeness (QED) is 0.626. The van der Waals surface area contributed by atoms with Gasteiger partial charge in [0.25, 0.3) is 0 Å². The fourth-order valence-corrected chi connectivity index (χ4v) is 3.27. The molecule has 142 valence electrons. The first-order valence-electron chi connectivity index (χ1n) is 9.01. The van der Waals surface area contributed by atoms with E-state index >= 15 is 0 Å². The first kappa shape index (κ1) is 19.1. The van der Waals surface area contributed by atoms with Gasteiger partial charge in [-0.2, -0.15) is 5.10 Å². The van der Waals surface area contributed by atoms with E-state index < -0.39 is 0 Å². The van der Waals surface area contributed by atoms with Gasteiger partial charge in [0.1, 0.15) is 23.2 Å². The highest BCUT2D eigenvalue weighted by atomic mass is 32.1. The van der Waals surface area contributed by atoms with E-state index in [1.807, 2.05) is 47.3 Å². The lowest BCUT2D eigenvalue weighted by Gasteiger charge is -2.13. The summed E-state index contributed by atoms with van der Waals surface area (Å²) in [7, 11) is 0. The van der Waals surface area contributed by atoms with E-state index in [1.54, 1.807) is 6.20 Å². The molecule has 27 heavy (non-hydrogen) atoms. The number of aryl methyl sites for hydroxylation is 1. The minimum atomic E-state index is -0.101. The normalized spacial score (nSPS) is 12.0. The van der Waals surface area contributed by atoms with Crippen LogP contribution in [0, 0.1) is 6.92 Å². The molecule has 1 aromatic carbocycles. The lowest BCUT2D eigenvalue weighted by molar-refractivity contribution is -0.115. The third-order valence-corrected chi connectivity index (χ3v) is 5.14. The summed E-state index contributed by atoms with van der Waals surface area (Å²) in [6, 6.07) is 9.95. The number of ether oxygens (including phenoxy) is 1. The minimum absolute atomic E-state index is 0.101. The van der Waals surface area contributed by atoms with Crippen molar-refractivity contribution in [2.75, 3.05) is 5.32 Å². The van der Waals surface area contributed by atoms with Crippen molar-refractivity contribution in [3.63, 3.8) is 0 Å². The molecule has 0 aliphatic carbocycles. The van der Waals surface area contributed by atoms with E-state index in [2.05, 4.69) is 29.2 Å². The number of hydrogen-bond acceptors (Lipinski definition) is 5. The molecule has 0 fully saturated rings. The maximum atomic E-state index is 12.3. The number of rotatable bonds is 8. The summed E-state index contributed by atoms with van der Waals surface area (Å²) < 4.78 is 7.57. The predicted molar refractivity (Wildman–Crippen MR) is 107 cm³/mol. The fourth-order valence-electron chi connectivity index (χ4n) is 2.56. The van der Waals surface area contributed by atoms with E-state index in [9.17, 15) is 4.79 Å². The third kappa shape index (κ3) is 5.17. The zero-order valence-electron chi connectivity index (χ0n) is 15.8. The average Bonchev–Trinajstić information content (AvgIpc) is 3.30. The molecule has 0 aliphatic rings. The SMILES string of the molecule is CCC(C)n1nccc1NC(=O)Cc1csc(COc2ccc(C)cc2)n1. The number of aromatic nitrogens is 3. The van der Waals surface area contributed by atoms with Crippen LogP contribution in [0.4, 0.5) is 5.82 Å². The largest absolute Gasteiger partial charge is 0.486 e. The van der Waals surface area contributed by atoms with Gasteiger partial charge in [-0.1, -0.05) is 24.6 Å². The van der Waals surface area contributed by atoms with Crippen molar-refractivity contribution in [3.05, 3.63) is 58.2 Å². The standard InChI is InChI=1S/C20H24N4O2S/c1-4-15(3)24-18(9-10-21-24)23-19(25)11-16-13-27-20(22-16)12-26-17-7-5-14(2)6-8-17/h5-10,13,15H,4,11-12H2,1-3H3,(H,23,25). The van der Waals surface area contributed by atoms with Gasteiger partial charge in [0.15, 0.2) is 0 Å². The molecule has 7 heteroatoms. The Kier molecular flexibility index (Phi) is 6.24. The topological polar surface area (TPSA) is 69.0 Å². The molecule has 2 heterocycles. The van der Waals surface area contributed by atoms with Gasteiger partial charge < -0.3 is 10.1 Å². The molecule has 0 aliphatic heterocycles. The van der Waals surface area contributed by atoms with Crippen LogP contribution >= 0.6 is 11.3 Å². The molecule has 3 aromatic rings. The lowest BCUT2D eigenvalue weighted by atomic mass is 10.2. The van der Waals surface area contributed by atoms with Crippen LogP contribution in [0.1, 0.15) is 42.6 Å². The van der Waals surface area contributed by atoms with Crippen LogP contribution in [0.15, 0.2) is 41.9 Å². The van der Waals surface area contributed by atoms with Crippen molar-refractivity contribution >= 4 is 23.1 Å². The van der Waals surface area contributed by atoms with Crippen LogP contribution < -0.4 is 10.1 Å². The zero-order chi connectivity index (χ0) is 19.2. The van der Waals surface area contributed by atoms with Crippen LogP contribution in [0.2, 0.25) is 0 Å². The van der Waals surface area contributed by atoms with Gasteiger partial charge >= 0.3 is 0 Å². The van der Waals surface area contributed by atoms with Crippen LogP contribution in [-0.2, 0) is 17.8 Å². The fraction of sp³-hybridized carbons (Fsp3) is 0.350. The van der Waals surface area contributed by atoms with Gasteiger partial charge in [0, 0.05) is 11.4 Å². The lowest BCUT2D eigenvalue weighted by Crippen LogP contribution is -2.19. The molecule has 1 amide bonds. The molecule has 2 aromatic heterocycles. The Morgan fingerprint density at radius 3 is 2.81 bits per heavy atom. The molecular formula is C20H24N4O2S. The van der Waals surface area contributed by atoms with Crippen molar-refractivity contribution in [2.45, 2.75) is 46.3 Å². The molecule has 0 spiro atoms. The Labute approximate surface area is 163 Å². The number of nitrogens with one attached hydrogen (secondary N) is 1. The Bertz CT molecular complexity index is 886. The van der Waals surface area contributed by atoms with Crippen molar-refractivity contribution in [1.82, 2.24) is 14.8 Å². The summed E-state index contributed by atoms with van der Waals surface area (Å²) in [5.41, 5.74) is 1.94. The van der Waals surface area contributed by atoms with Crippen LogP contribution in [-0.4, -0.2) is 20.7 Å². The second-order valence-corrected chi connectivity index (χ2v) is 7.42. The van der Waals surface area contributed by atoms with E-state index in [0.29, 0.717) is 12.4 Å². The number of anilines is 1. The van der Waals surface area contributed by atoms with Gasteiger partial charge in [-0.3, -0.25) is 4.79 Å². The summed E-state index contributed by atoms with van der Waals surface area (Å²) in [6.07, 6.45) is 2.87. The molecule has 0 saturated heterocycles. The number of carbonyl (C=O) groups is 1. The molecule has 0 radical (unpaired) electrons. The maximum absolute atomic E-state index is 12.3. The number of thiazole rings is 1. The van der Waals surface area contributed by atoms with Crippen LogP contribution in [0.3, 0.4) is 0 Å². The second-order valence-electron chi connectivity index (χ2n) is 6.48. The van der Waals surface area contributed by atoms with Gasteiger partial charge in [0.05, 0.1) is 24.4 Å². The highest BCUT2D eigenvalue weighted by Gasteiger charge is 2.13. The molecule has 1 unspecified atom stereocenters. The average molecular weight is 385 g/mol. The first-order valence-corrected chi connectivity index (χ1v) is 9.89. The van der Waals surface area contributed by atoms with Crippen LogP contribution in [0.25, 0.3) is 0 Å². The highest BCUT2D eigenvalue weighted by molar-refractivity contribution is 7.09. The van der Waals surface area contributed by atoms with Gasteiger partial charge in [0.2, 0.25) is 5.91 Å². The Hall–Kier alpha value is -2.67. The minimum Gasteiger partial charge on any atom is -0.486 e. The van der Waals surface area contributed by atoms with Crippen molar-refractivity contribution in [3.8, 4) is 5.75 Å². The van der Waals surface area contributed by atoms with E-state index in [4.69, 9.17) is 4.74 Å². The number of carbonyl (C=O) groups excluding carboxylic acids is 1. The molecule has 1 atom stereocenters. The second kappa shape index (κ2) is 8.81. The van der Waals surface area contributed by atoms with Crippen molar-refractivity contribution in [1.29, 1.82) is 0 Å². The molecule has 3 rings (SSSR count). The van der Waals surface area contributed by atoms with Gasteiger partial charge in [-0.15, -0.1) is 11.3 Å². The zero-order valence-corrected chi connectivity index (χ0v) is 16.6. The van der Waals surface area contributed by atoms with Crippen LogP contribution in [0.5, 0.6) is 5.75 Å². The van der Waals surface area contributed by atoms with Gasteiger partial charge in [-0.05, 0) is 32.4 Å². The van der Waals surface area contributed by atoms with Crippen molar-refractivity contribution in [2.24, 2.45) is 0 Å². The monoisotopic (exact) mass is 384 g/mol. The maximum Gasteiger partial charge on any atom is 0.231 e. The van der Waals surface area contributed by atoms with E-state index in [1.165, 1.54) is 16.9 Å². The summed E-state index contributed by atoms with van der Waals surface area (Å²) in [4.78, 5) is 16.8. The number of amides is 1. The summed E-state index contributed by atoms with van der Waals surface area (Å²) in [5.74, 6) is 1.43. The summed E-state index contributed by atoms with van der Waals surface area (Å²) >= 11 is 1.50. The predicted octanol–water partition coefficient (Wildman–Crippen LogP) is 4.38. The molecular weight excluding hydrogens is 360 g/mol. The molecule has 0 bridgehead atoms. The first-order chi connectivity index (χ1) is 13.0. The smallest absolute Gasteiger partial charge is 0.231 e. The Morgan fingerprint density at radius 2 is 2.07 bits per heavy atom. The molecule has 0 saturated carbocycles. The number of hydrogen-bond donors (Lipinski definition) is 1. The van der Waals surface area contributed by atoms with E-state index in [-0.39, 0.29) is 18.4 Å². The number of benzene rings is 1. The summed E-state index contributed by atoms with van der Waals surface area (Å²) in [6.45, 7) is 6.60. The van der Waals surface area contributed by atoms with Gasteiger partial charge in [-0.25, -0.2) is 9.67 Å². The Morgan fingerprint density at radius 1 is 1.30 bits per heavy atom. The molecule has 1 N–H and O–H groups in total.